The van der Waals surface area contributed by atoms with Crippen LogP contribution in [0.4, 0.5) is 0 Å². The molecule has 0 aliphatic heterocycles. The van der Waals surface area contributed by atoms with E-state index in [1.54, 1.807) is 19.1 Å². The monoisotopic (exact) mass is 305 g/mol. The molecule has 0 saturated carbocycles. The zero-order valence-corrected chi connectivity index (χ0v) is 12.6. The topological polar surface area (TPSA) is 87.9 Å². The Morgan fingerprint density at radius 1 is 1.27 bits per heavy atom. The van der Waals surface area contributed by atoms with Gasteiger partial charge in [-0.3, -0.25) is 4.79 Å². The summed E-state index contributed by atoms with van der Waals surface area (Å²) in [6.45, 7) is 1.64. The van der Waals surface area contributed by atoms with Crippen molar-refractivity contribution in [3.8, 4) is 17.6 Å². The van der Waals surface area contributed by atoms with Gasteiger partial charge in [0, 0.05) is 0 Å². The van der Waals surface area contributed by atoms with E-state index >= 15 is 0 Å². The quantitative estimate of drug-likeness (QED) is 0.588. The molecule has 1 rings (SSSR count). The van der Waals surface area contributed by atoms with Crippen molar-refractivity contribution in [1.29, 1.82) is 0 Å². The van der Waals surface area contributed by atoms with Crippen molar-refractivity contribution in [3.63, 3.8) is 0 Å². The van der Waals surface area contributed by atoms with Gasteiger partial charge < -0.3 is 19.9 Å². The maximum absolute atomic E-state index is 11.6. The molecule has 0 unspecified atom stereocenters. The van der Waals surface area contributed by atoms with Crippen LogP contribution in [0.5, 0.6) is 5.75 Å². The van der Waals surface area contributed by atoms with E-state index in [1.165, 1.54) is 7.11 Å². The van der Waals surface area contributed by atoms with E-state index in [-0.39, 0.29) is 0 Å². The van der Waals surface area contributed by atoms with Crippen molar-refractivity contribution in [2.75, 3.05) is 20.3 Å². The first kappa shape index (κ1) is 17.5. The van der Waals surface area contributed by atoms with Gasteiger partial charge in [-0.05, 0) is 31.0 Å². The summed E-state index contributed by atoms with van der Waals surface area (Å²) < 4.78 is 14.5. The zero-order chi connectivity index (χ0) is 16.4. The fourth-order valence-corrected chi connectivity index (χ4v) is 1.55. The number of hydrogen-bond donors (Lipinski definition) is 1. The van der Waals surface area contributed by atoms with Gasteiger partial charge in [-0.15, -0.1) is 5.92 Å². The van der Waals surface area contributed by atoms with Crippen molar-refractivity contribution < 1.29 is 23.8 Å². The molecule has 0 bridgehead atoms. The number of rotatable bonds is 7. The summed E-state index contributed by atoms with van der Waals surface area (Å²) in [6, 6.07) is 6.32. The molecule has 0 saturated heterocycles. The van der Waals surface area contributed by atoms with E-state index in [9.17, 15) is 9.59 Å². The van der Waals surface area contributed by atoms with Crippen LogP contribution >= 0.6 is 0 Å². The first-order chi connectivity index (χ1) is 10.6. The minimum absolute atomic E-state index is 0.301. The summed E-state index contributed by atoms with van der Waals surface area (Å²) in [4.78, 5) is 22.5. The Kier molecular flexibility index (Phi) is 7.51. The maximum Gasteiger partial charge on any atom is 0.344 e. The Bertz CT molecular complexity index is 556. The van der Waals surface area contributed by atoms with E-state index < -0.39 is 24.6 Å². The summed E-state index contributed by atoms with van der Waals surface area (Å²) in [5.74, 6) is 4.94. The van der Waals surface area contributed by atoms with Gasteiger partial charge in [0.2, 0.25) is 0 Å². The predicted octanol–water partition coefficient (Wildman–Crippen LogP) is 0.675. The lowest BCUT2D eigenvalue weighted by Crippen LogP contribution is -2.35. The molecule has 6 nitrogen and oxygen atoms in total. The minimum Gasteiger partial charge on any atom is -0.481 e. The molecule has 0 radical (unpaired) electrons. The van der Waals surface area contributed by atoms with Crippen LogP contribution in [0.2, 0.25) is 0 Å². The molecule has 6 heteroatoms. The van der Waals surface area contributed by atoms with Gasteiger partial charge in [0.25, 0.3) is 0 Å². The Morgan fingerprint density at radius 3 is 2.55 bits per heavy atom. The molecule has 1 atom stereocenters. The van der Waals surface area contributed by atoms with E-state index in [0.29, 0.717) is 18.8 Å². The normalized spacial score (nSPS) is 10.9. The molecule has 0 aliphatic carbocycles. The van der Waals surface area contributed by atoms with Crippen LogP contribution < -0.4 is 10.5 Å². The lowest BCUT2D eigenvalue weighted by molar-refractivity contribution is -0.157. The molecule has 0 spiro atoms. The second-order valence-electron chi connectivity index (χ2n) is 4.35. The smallest absolute Gasteiger partial charge is 0.344 e. The Labute approximate surface area is 129 Å². The summed E-state index contributed by atoms with van der Waals surface area (Å²) in [5, 5.41) is 0. The molecule has 1 aromatic carbocycles. The lowest BCUT2D eigenvalue weighted by Gasteiger charge is -2.11. The third kappa shape index (κ3) is 6.29. The van der Waals surface area contributed by atoms with E-state index in [2.05, 4.69) is 16.6 Å². The van der Waals surface area contributed by atoms with Crippen LogP contribution in [0.25, 0.3) is 0 Å². The van der Waals surface area contributed by atoms with Crippen molar-refractivity contribution in [1.82, 2.24) is 0 Å². The molecule has 0 amide bonds. The number of carbonyl (C=O) groups is 2. The second kappa shape index (κ2) is 9.42. The second-order valence-corrected chi connectivity index (χ2v) is 4.35. The van der Waals surface area contributed by atoms with Gasteiger partial charge in [0.1, 0.15) is 18.4 Å². The van der Waals surface area contributed by atoms with Gasteiger partial charge in [0.15, 0.2) is 6.61 Å². The van der Waals surface area contributed by atoms with Gasteiger partial charge in [-0.2, -0.15) is 0 Å². The van der Waals surface area contributed by atoms with Crippen molar-refractivity contribution in [2.45, 2.75) is 19.4 Å². The molecule has 118 valence electrons. The highest BCUT2D eigenvalue weighted by Crippen LogP contribution is 2.13. The molecular formula is C16H19NO5. The third-order valence-corrected chi connectivity index (χ3v) is 2.73. The lowest BCUT2D eigenvalue weighted by atomic mass is 10.1. The van der Waals surface area contributed by atoms with Gasteiger partial charge in [-0.25, -0.2) is 4.79 Å². The summed E-state index contributed by atoms with van der Waals surface area (Å²) in [5.41, 5.74) is 6.59. The van der Waals surface area contributed by atoms with Crippen molar-refractivity contribution >= 4 is 11.9 Å². The van der Waals surface area contributed by atoms with Crippen LogP contribution in [-0.2, 0) is 25.5 Å². The van der Waals surface area contributed by atoms with Gasteiger partial charge in [0.05, 0.1) is 7.11 Å². The molecule has 0 fully saturated rings. The summed E-state index contributed by atoms with van der Waals surface area (Å²) in [6.07, 6.45) is 0.301. The average Bonchev–Trinajstić information content (AvgIpc) is 2.54. The van der Waals surface area contributed by atoms with Crippen LogP contribution in [0.15, 0.2) is 24.3 Å². The van der Waals surface area contributed by atoms with Gasteiger partial charge >= 0.3 is 11.9 Å². The first-order valence-corrected chi connectivity index (χ1v) is 6.67. The SMILES string of the molecule is CC#CCOc1ccc(C[C@H](N)C(=O)OCC(=O)OC)cc1. The molecule has 2 N–H and O–H groups in total. The van der Waals surface area contributed by atoms with E-state index in [4.69, 9.17) is 15.2 Å². The third-order valence-electron chi connectivity index (χ3n) is 2.73. The van der Waals surface area contributed by atoms with Gasteiger partial charge in [-0.1, -0.05) is 18.1 Å². The Balaban J connectivity index is 2.46. The van der Waals surface area contributed by atoms with E-state index in [1.807, 2.05) is 12.1 Å². The maximum atomic E-state index is 11.6. The fourth-order valence-electron chi connectivity index (χ4n) is 1.55. The fraction of sp³-hybridized carbons (Fsp3) is 0.375. The van der Waals surface area contributed by atoms with Crippen LogP contribution in [-0.4, -0.2) is 38.3 Å². The standard InChI is InChI=1S/C16H19NO5/c1-3-4-9-21-13-7-5-12(6-8-13)10-14(17)16(19)22-11-15(18)20-2/h5-8,14H,9-11,17H2,1-2H3/t14-/m0/s1. The number of methoxy groups -OCH3 is 1. The highest BCUT2D eigenvalue weighted by atomic mass is 16.6. The minimum atomic E-state index is -0.845. The molecule has 22 heavy (non-hydrogen) atoms. The molecular weight excluding hydrogens is 286 g/mol. The Hall–Kier alpha value is -2.52. The molecule has 0 heterocycles. The highest BCUT2D eigenvalue weighted by molar-refractivity contribution is 5.79. The van der Waals surface area contributed by atoms with Crippen molar-refractivity contribution in [3.05, 3.63) is 29.8 Å². The number of carbonyl (C=O) groups excluding carboxylic acids is 2. The predicted molar refractivity (Wildman–Crippen MR) is 80.0 cm³/mol. The summed E-state index contributed by atoms with van der Waals surface area (Å²) in [7, 11) is 1.21. The summed E-state index contributed by atoms with van der Waals surface area (Å²) >= 11 is 0. The largest absolute Gasteiger partial charge is 0.481 e. The van der Waals surface area contributed by atoms with Crippen LogP contribution in [0.3, 0.4) is 0 Å². The van der Waals surface area contributed by atoms with Crippen LogP contribution in [0.1, 0.15) is 12.5 Å². The highest BCUT2D eigenvalue weighted by Gasteiger charge is 2.17. The number of hydrogen-bond acceptors (Lipinski definition) is 6. The molecule has 1 aromatic rings. The molecule has 0 aliphatic rings. The van der Waals surface area contributed by atoms with Crippen LogP contribution in [0, 0.1) is 11.8 Å². The van der Waals surface area contributed by atoms with Crippen molar-refractivity contribution in [2.24, 2.45) is 5.73 Å². The number of nitrogens with two attached hydrogens (primary N) is 1. The number of benzene rings is 1. The number of ether oxygens (including phenoxy) is 3. The number of esters is 2. The van der Waals surface area contributed by atoms with E-state index in [0.717, 1.165) is 5.56 Å². The first-order valence-electron chi connectivity index (χ1n) is 6.67. The zero-order valence-electron chi connectivity index (χ0n) is 12.6. The molecule has 0 aromatic heterocycles. The average molecular weight is 305 g/mol. The Morgan fingerprint density at radius 2 is 1.95 bits per heavy atom.